The highest BCUT2D eigenvalue weighted by Gasteiger charge is 2.33. The first-order valence-corrected chi connectivity index (χ1v) is 8.77. The normalized spacial score (nSPS) is 21.1. The second-order valence-corrected chi connectivity index (χ2v) is 6.80. The molecule has 24 heavy (non-hydrogen) atoms. The van der Waals surface area contributed by atoms with Crippen LogP contribution in [-0.2, 0) is 4.79 Å². The number of piperidine rings is 1. The average Bonchev–Trinajstić information content (AvgIpc) is 3.20. The number of carbonyl (C=O) groups excluding carboxylic acids is 1. The fourth-order valence-corrected chi connectivity index (χ4v) is 4.10. The van der Waals surface area contributed by atoms with Crippen LogP contribution in [0, 0.1) is 5.92 Å². The van der Waals surface area contributed by atoms with E-state index in [0.29, 0.717) is 12.2 Å². The van der Waals surface area contributed by atoms with Gasteiger partial charge in [-0.3, -0.25) is 4.79 Å². The van der Waals surface area contributed by atoms with Crippen LogP contribution in [0.2, 0.25) is 0 Å². The van der Waals surface area contributed by atoms with Crippen molar-refractivity contribution < 1.29 is 4.79 Å². The van der Waals surface area contributed by atoms with Gasteiger partial charge in [-0.05, 0) is 49.6 Å². The molecular formula is C20H23N3O. The van der Waals surface area contributed by atoms with Crippen molar-refractivity contribution in [1.82, 2.24) is 14.9 Å². The molecule has 0 bridgehead atoms. The van der Waals surface area contributed by atoms with Gasteiger partial charge in [0.25, 0.3) is 0 Å². The average molecular weight is 321 g/mol. The lowest BCUT2D eigenvalue weighted by atomic mass is 9.86. The lowest BCUT2D eigenvalue weighted by molar-refractivity contribution is -0.124. The third-order valence-electron chi connectivity index (χ3n) is 5.40. The monoisotopic (exact) mass is 321 g/mol. The summed E-state index contributed by atoms with van der Waals surface area (Å²) in [4.78, 5) is 17.2. The molecule has 4 rings (SSSR count). The van der Waals surface area contributed by atoms with Crippen molar-refractivity contribution in [2.24, 2.45) is 5.92 Å². The van der Waals surface area contributed by atoms with Crippen molar-refractivity contribution >= 4 is 16.9 Å². The second-order valence-electron chi connectivity index (χ2n) is 6.80. The van der Waals surface area contributed by atoms with Crippen molar-refractivity contribution in [3.63, 3.8) is 0 Å². The molecule has 1 fully saturated rings. The third kappa shape index (κ3) is 2.61. The van der Waals surface area contributed by atoms with Gasteiger partial charge in [0.05, 0.1) is 24.3 Å². The van der Waals surface area contributed by atoms with Crippen LogP contribution in [0.4, 0.5) is 0 Å². The topological polar surface area (TPSA) is 46.9 Å². The number of allylic oxidation sites excluding steroid dienone is 2. The number of ketones is 1. The van der Waals surface area contributed by atoms with E-state index in [1.54, 1.807) is 0 Å². The van der Waals surface area contributed by atoms with Crippen molar-refractivity contribution in [2.75, 3.05) is 13.1 Å². The SMILES string of the molecule is CC1=C(c2ccccc2)C(CC(=O)C2CCNCC2)n2cncc21. The highest BCUT2D eigenvalue weighted by molar-refractivity contribution is 5.96. The number of nitrogens with one attached hydrogen (secondary N) is 1. The summed E-state index contributed by atoms with van der Waals surface area (Å²) < 4.78 is 2.18. The lowest BCUT2D eigenvalue weighted by Gasteiger charge is -2.24. The Morgan fingerprint density at radius 3 is 2.75 bits per heavy atom. The summed E-state index contributed by atoms with van der Waals surface area (Å²) in [6.45, 7) is 4.06. The van der Waals surface area contributed by atoms with Crippen LogP contribution >= 0.6 is 0 Å². The van der Waals surface area contributed by atoms with E-state index in [2.05, 4.69) is 46.1 Å². The van der Waals surface area contributed by atoms with E-state index >= 15 is 0 Å². The van der Waals surface area contributed by atoms with E-state index in [9.17, 15) is 4.79 Å². The zero-order valence-corrected chi connectivity index (χ0v) is 14.0. The number of aromatic nitrogens is 2. The third-order valence-corrected chi connectivity index (χ3v) is 5.40. The number of nitrogens with zero attached hydrogens (tertiary/aromatic N) is 2. The Labute approximate surface area is 142 Å². The number of fused-ring (bicyclic) bond motifs is 1. The minimum atomic E-state index is 0.0762. The van der Waals surface area contributed by atoms with Crippen LogP contribution in [0.15, 0.2) is 42.9 Å². The molecule has 4 heteroatoms. The summed E-state index contributed by atoms with van der Waals surface area (Å²) in [5.74, 6) is 0.598. The summed E-state index contributed by atoms with van der Waals surface area (Å²) in [6, 6.07) is 10.5. The van der Waals surface area contributed by atoms with E-state index in [4.69, 9.17) is 0 Å². The Bertz CT molecular complexity index is 769. The number of carbonyl (C=O) groups is 1. The van der Waals surface area contributed by atoms with Gasteiger partial charge in [-0.2, -0.15) is 0 Å². The first-order chi connectivity index (χ1) is 11.8. The van der Waals surface area contributed by atoms with E-state index in [1.165, 1.54) is 16.7 Å². The van der Waals surface area contributed by atoms with E-state index in [1.807, 2.05) is 18.6 Å². The summed E-state index contributed by atoms with van der Waals surface area (Å²) in [5, 5.41) is 3.34. The van der Waals surface area contributed by atoms with E-state index in [0.717, 1.165) is 31.6 Å². The minimum absolute atomic E-state index is 0.0762. The summed E-state index contributed by atoms with van der Waals surface area (Å²) >= 11 is 0. The van der Waals surface area contributed by atoms with Crippen LogP contribution in [0.3, 0.4) is 0 Å². The number of imidazole rings is 1. The fraction of sp³-hybridized carbons (Fsp3) is 0.400. The second kappa shape index (κ2) is 6.36. The zero-order chi connectivity index (χ0) is 16.5. The van der Waals surface area contributed by atoms with Crippen molar-refractivity contribution in [2.45, 2.75) is 32.2 Å². The molecule has 2 aliphatic rings. The van der Waals surface area contributed by atoms with Crippen molar-refractivity contribution in [3.8, 4) is 0 Å². The maximum Gasteiger partial charge on any atom is 0.138 e. The van der Waals surface area contributed by atoms with Gasteiger partial charge in [0.2, 0.25) is 0 Å². The predicted molar refractivity (Wildman–Crippen MR) is 95.4 cm³/mol. The molecule has 3 heterocycles. The van der Waals surface area contributed by atoms with Crippen LogP contribution in [0.5, 0.6) is 0 Å². The van der Waals surface area contributed by atoms with Gasteiger partial charge in [0.1, 0.15) is 5.78 Å². The van der Waals surface area contributed by atoms with Gasteiger partial charge in [-0.15, -0.1) is 0 Å². The molecule has 124 valence electrons. The Morgan fingerprint density at radius 1 is 1.25 bits per heavy atom. The van der Waals surface area contributed by atoms with Gasteiger partial charge >= 0.3 is 0 Å². The van der Waals surface area contributed by atoms with Gasteiger partial charge in [0.15, 0.2) is 0 Å². The van der Waals surface area contributed by atoms with Gasteiger partial charge < -0.3 is 9.88 Å². The van der Waals surface area contributed by atoms with E-state index in [-0.39, 0.29) is 12.0 Å². The molecule has 0 aliphatic carbocycles. The van der Waals surface area contributed by atoms with Crippen LogP contribution < -0.4 is 5.32 Å². The Balaban J connectivity index is 1.66. The zero-order valence-electron chi connectivity index (χ0n) is 14.0. The van der Waals surface area contributed by atoms with Gasteiger partial charge in [0, 0.05) is 12.3 Å². The fourth-order valence-electron chi connectivity index (χ4n) is 4.10. The standard InChI is InChI=1S/C20H23N3O/c1-14-18-12-22-13-23(18)17(20(14)16-5-3-2-4-6-16)11-19(24)15-7-9-21-10-8-15/h2-6,12-13,15,17,21H,7-11H2,1H3. The predicted octanol–water partition coefficient (Wildman–Crippen LogP) is 3.33. The summed E-state index contributed by atoms with van der Waals surface area (Å²) in [6.07, 6.45) is 6.27. The van der Waals surface area contributed by atoms with Gasteiger partial charge in [-0.1, -0.05) is 30.3 Å². The summed E-state index contributed by atoms with van der Waals surface area (Å²) in [7, 11) is 0. The van der Waals surface area contributed by atoms with Gasteiger partial charge in [-0.25, -0.2) is 4.98 Å². The molecule has 0 spiro atoms. The smallest absolute Gasteiger partial charge is 0.138 e. The quantitative estimate of drug-likeness (QED) is 0.939. The Hall–Kier alpha value is -2.20. The molecular weight excluding hydrogens is 298 g/mol. The Kier molecular flexibility index (Phi) is 4.07. The number of hydrogen-bond acceptors (Lipinski definition) is 3. The maximum atomic E-state index is 12.9. The first-order valence-electron chi connectivity index (χ1n) is 8.77. The molecule has 1 aromatic heterocycles. The van der Waals surface area contributed by atoms with Crippen molar-refractivity contribution in [1.29, 1.82) is 0 Å². The molecule has 0 radical (unpaired) electrons. The van der Waals surface area contributed by atoms with Crippen LogP contribution in [0.1, 0.15) is 43.5 Å². The molecule has 1 unspecified atom stereocenters. The van der Waals surface area contributed by atoms with Crippen LogP contribution in [-0.4, -0.2) is 28.4 Å². The molecule has 0 amide bonds. The number of Topliss-reactive ketones (excluding diaryl/α,β-unsaturated/α-hetero) is 1. The molecule has 1 saturated heterocycles. The van der Waals surface area contributed by atoms with E-state index < -0.39 is 0 Å². The number of rotatable bonds is 4. The molecule has 1 N–H and O–H groups in total. The largest absolute Gasteiger partial charge is 0.323 e. The van der Waals surface area contributed by atoms with Crippen molar-refractivity contribution in [3.05, 3.63) is 54.1 Å². The minimum Gasteiger partial charge on any atom is -0.323 e. The molecule has 2 aliphatic heterocycles. The molecule has 2 aromatic rings. The first kappa shape index (κ1) is 15.3. The molecule has 1 aromatic carbocycles. The molecule has 4 nitrogen and oxygen atoms in total. The van der Waals surface area contributed by atoms with Crippen LogP contribution in [0.25, 0.3) is 11.1 Å². The molecule has 0 saturated carbocycles. The molecule has 1 atom stereocenters. The maximum absolute atomic E-state index is 12.9. The highest BCUT2D eigenvalue weighted by atomic mass is 16.1. The Morgan fingerprint density at radius 2 is 2.00 bits per heavy atom. The number of hydrogen-bond donors (Lipinski definition) is 1. The summed E-state index contributed by atoms with van der Waals surface area (Å²) in [5.41, 5.74) is 4.86. The highest BCUT2D eigenvalue weighted by Crippen LogP contribution is 2.44. The lowest BCUT2D eigenvalue weighted by Crippen LogP contribution is -2.32. The number of benzene rings is 1.